The molecule has 0 amide bonds. The number of nitrogens with zero attached hydrogens (tertiary/aromatic N) is 1. The van der Waals surface area contributed by atoms with Crippen LogP contribution in [0.2, 0.25) is 0 Å². The van der Waals surface area contributed by atoms with Crippen LogP contribution in [0.5, 0.6) is 0 Å². The molecule has 146 valence electrons. The third kappa shape index (κ3) is 7.72. The third-order valence-electron chi connectivity index (χ3n) is 5.57. The monoisotopic (exact) mass is 363 g/mol. The molecule has 0 N–H and O–H groups in total. The van der Waals surface area contributed by atoms with Crippen molar-refractivity contribution in [3.05, 3.63) is 83.5 Å². The smallest absolute Gasteiger partial charge is 0.0236 e. The highest BCUT2D eigenvalue weighted by atomic mass is 15.1. The number of hydrogen-bond acceptors (Lipinski definition) is 1. The van der Waals surface area contributed by atoms with Crippen molar-refractivity contribution in [1.82, 2.24) is 4.90 Å². The van der Waals surface area contributed by atoms with E-state index in [2.05, 4.69) is 85.5 Å². The highest BCUT2D eigenvalue weighted by Crippen LogP contribution is 2.31. The van der Waals surface area contributed by atoms with E-state index in [1.165, 1.54) is 50.6 Å². The van der Waals surface area contributed by atoms with Gasteiger partial charge in [0, 0.05) is 12.6 Å². The minimum absolute atomic E-state index is 0.629. The van der Waals surface area contributed by atoms with Crippen LogP contribution in [-0.2, 0) is 6.54 Å². The summed E-state index contributed by atoms with van der Waals surface area (Å²) < 4.78 is 0. The molecule has 1 saturated carbocycles. The van der Waals surface area contributed by atoms with E-state index >= 15 is 0 Å². The summed E-state index contributed by atoms with van der Waals surface area (Å²) in [6.45, 7) is 8.94. The van der Waals surface area contributed by atoms with Crippen molar-refractivity contribution < 1.29 is 0 Å². The van der Waals surface area contributed by atoms with Crippen LogP contribution in [0.1, 0.15) is 64.9 Å². The van der Waals surface area contributed by atoms with Crippen LogP contribution in [0.25, 0.3) is 0 Å². The van der Waals surface area contributed by atoms with E-state index < -0.39 is 0 Å². The van der Waals surface area contributed by atoms with Gasteiger partial charge in [0.15, 0.2) is 0 Å². The average molecular weight is 364 g/mol. The van der Waals surface area contributed by atoms with Gasteiger partial charge in [-0.05, 0) is 70.1 Å². The first-order chi connectivity index (χ1) is 13.2. The van der Waals surface area contributed by atoms with Gasteiger partial charge < -0.3 is 0 Å². The highest BCUT2D eigenvalue weighted by Gasteiger charge is 2.15. The zero-order valence-corrected chi connectivity index (χ0v) is 17.5. The van der Waals surface area contributed by atoms with Crippen molar-refractivity contribution in [2.45, 2.75) is 71.9 Å². The summed E-state index contributed by atoms with van der Waals surface area (Å²) in [7, 11) is 0. The van der Waals surface area contributed by atoms with Gasteiger partial charge in [-0.3, -0.25) is 4.90 Å². The lowest BCUT2D eigenvalue weighted by molar-refractivity contribution is 0.193. The molecule has 0 bridgehead atoms. The molecule has 0 spiro atoms. The summed E-state index contributed by atoms with van der Waals surface area (Å²) in [6.07, 6.45) is 20.5. The zero-order chi connectivity index (χ0) is 19.3. The molecule has 0 aliphatic heterocycles. The lowest BCUT2D eigenvalue weighted by Crippen LogP contribution is -2.33. The molecule has 0 aromatic heterocycles. The summed E-state index contributed by atoms with van der Waals surface area (Å²) in [4.78, 5) is 2.65. The topological polar surface area (TPSA) is 3.24 Å². The van der Waals surface area contributed by atoms with Crippen LogP contribution >= 0.6 is 0 Å². The van der Waals surface area contributed by atoms with Gasteiger partial charge in [-0.25, -0.2) is 0 Å². The molecule has 1 atom stereocenters. The maximum Gasteiger partial charge on any atom is 0.0236 e. The van der Waals surface area contributed by atoms with E-state index in [-0.39, 0.29) is 0 Å². The first-order valence-corrected chi connectivity index (χ1v) is 10.7. The molecule has 27 heavy (non-hydrogen) atoms. The molecule has 1 nitrogen and oxygen atoms in total. The minimum Gasteiger partial charge on any atom is -0.296 e. The Morgan fingerprint density at radius 2 is 1.81 bits per heavy atom. The second kappa shape index (κ2) is 12.5. The summed E-state index contributed by atoms with van der Waals surface area (Å²) in [6, 6.07) is 11.5. The molecule has 1 unspecified atom stereocenters. The second-order valence-corrected chi connectivity index (χ2v) is 7.57. The van der Waals surface area contributed by atoms with Crippen LogP contribution in [0.15, 0.2) is 77.9 Å². The highest BCUT2D eigenvalue weighted by molar-refractivity contribution is 5.31. The maximum atomic E-state index is 2.65. The lowest BCUT2D eigenvalue weighted by atomic mass is 9.86. The zero-order valence-electron chi connectivity index (χ0n) is 17.5. The van der Waals surface area contributed by atoms with E-state index in [0.717, 1.165) is 6.54 Å². The van der Waals surface area contributed by atoms with Gasteiger partial charge in [-0.2, -0.15) is 0 Å². The third-order valence-corrected chi connectivity index (χ3v) is 5.57. The number of allylic oxidation sites excluding steroid dienone is 8. The quantitative estimate of drug-likeness (QED) is 0.375. The predicted molar refractivity (Wildman–Crippen MR) is 120 cm³/mol. The summed E-state index contributed by atoms with van der Waals surface area (Å²) in [5.74, 6) is 0. The first kappa shape index (κ1) is 21.4. The minimum atomic E-state index is 0.629. The van der Waals surface area contributed by atoms with E-state index in [9.17, 15) is 0 Å². The summed E-state index contributed by atoms with van der Waals surface area (Å²) in [5, 5.41) is 0. The normalized spacial score (nSPS) is 15.9. The Morgan fingerprint density at radius 3 is 2.44 bits per heavy atom. The van der Waals surface area contributed by atoms with Crippen LogP contribution in [0.3, 0.4) is 0 Å². The van der Waals surface area contributed by atoms with Crippen LogP contribution in [0.4, 0.5) is 0 Å². The molecular formula is C26H37N. The Hall–Kier alpha value is -1.86. The Balaban J connectivity index is 1.92. The van der Waals surface area contributed by atoms with Gasteiger partial charge in [0.05, 0.1) is 0 Å². The molecule has 0 radical (unpaired) electrons. The van der Waals surface area contributed by atoms with E-state index in [1.54, 1.807) is 11.1 Å². The Morgan fingerprint density at radius 1 is 1.07 bits per heavy atom. The fourth-order valence-electron chi connectivity index (χ4n) is 3.47. The maximum absolute atomic E-state index is 2.65. The molecular weight excluding hydrogens is 326 g/mol. The average Bonchev–Trinajstić information content (AvgIpc) is 2.65. The largest absolute Gasteiger partial charge is 0.296 e. The molecule has 0 heterocycles. The summed E-state index contributed by atoms with van der Waals surface area (Å²) >= 11 is 0. The van der Waals surface area contributed by atoms with Gasteiger partial charge in [0.2, 0.25) is 0 Å². The first-order valence-electron chi connectivity index (χ1n) is 10.7. The van der Waals surface area contributed by atoms with Crippen molar-refractivity contribution in [3.63, 3.8) is 0 Å². The predicted octanol–water partition coefficient (Wildman–Crippen LogP) is 7.24. The molecule has 0 saturated heterocycles. The van der Waals surface area contributed by atoms with Gasteiger partial charge in [-0.15, -0.1) is 0 Å². The molecule has 1 aromatic rings. The fourth-order valence-corrected chi connectivity index (χ4v) is 3.47. The molecule has 1 aromatic carbocycles. The standard InChI is InChI=1S/C26H37N/c1-4-6-7-8-12-17-25(26-18-13-19-26)20-14-21-27(23(3)5-2)22-24-15-10-9-11-16-24/h4,6-12,15-17,23H,5,13-14,18-22H2,1-3H3/b6-4+,8-7-,17-12-. The number of hydrogen-bond donors (Lipinski definition) is 0. The molecule has 1 aliphatic carbocycles. The number of benzene rings is 1. The van der Waals surface area contributed by atoms with Gasteiger partial charge in [0.25, 0.3) is 0 Å². The van der Waals surface area contributed by atoms with Crippen molar-refractivity contribution >= 4 is 0 Å². The Labute approximate surface area is 167 Å². The van der Waals surface area contributed by atoms with Crippen molar-refractivity contribution in [3.8, 4) is 0 Å². The van der Waals surface area contributed by atoms with Gasteiger partial charge in [-0.1, -0.05) is 79.3 Å². The van der Waals surface area contributed by atoms with Crippen molar-refractivity contribution in [2.24, 2.45) is 0 Å². The van der Waals surface area contributed by atoms with Crippen LogP contribution in [0, 0.1) is 0 Å². The van der Waals surface area contributed by atoms with E-state index in [1.807, 2.05) is 6.92 Å². The second-order valence-electron chi connectivity index (χ2n) is 7.57. The number of rotatable bonds is 11. The molecule has 1 fully saturated rings. The van der Waals surface area contributed by atoms with Crippen molar-refractivity contribution in [2.75, 3.05) is 6.54 Å². The van der Waals surface area contributed by atoms with Crippen molar-refractivity contribution in [1.29, 1.82) is 0 Å². The van der Waals surface area contributed by atoms with E-state index in [4.69, 9.17) is 0 Å². The van der Waals surface area contributed by atoms with E-state index in [0.29, 0.717) is 6.04 Å². The van der Waals surface area contributed by atoms with Gasteiger partial charge in [0.1, 0.15) is 0 Å². The van der Waals surface area contributed by atoms with Crippen LogP contribution in [-0.4, -0.2) is 17.5 Å². The fraction of sp³-hybridized carbons (Fsp3) is 0.462. The Kier molecular flexibility index (Phi) is 9.94. The summed E-state index contributed by atoms with van der Waals surface area (Å²) in [5.41, 5.74) is 4.68. The lowest BCUT2D eigenvalue weighted by Gasteiger charge is -2.29. The molecule has 2 rings (SSSR count). The Bertz CT molecular complexity index is 642. The van der Waals surface area contributed by atoms with Crippen LogP contribution < -0.4 is 0 Å². The van der Waals surface area contributed by atoms with Gasteiger partial charge >= 0.3 is 0 Å². The SMILES string of the molecule is C/C=C/C=C\C=C/C(CCCN(Cc1ccccc1)C(C)CC)=C1CCC1. The molecule has 1 heteroatoms. The molecule has 1 aliphatic rings.